The van der Waals surface area contributed by atoms with Crippen molar-refractivity contribution in [1.29, 1.82) is 0 Å². The highest BCUT2D eigenvalue weighted by Gasteiger charge is 2.26. The molecule has 0 saturated heterocycles. The lowest BCUT2D eigenvalue weighted by Crippen LogP contribution is -2.37. The van der Waals surface area contributed by atoms with E-state index in [9.17, 15) is 17.6 Å². The molecule has 0 atom stereocenters. The maximum atomic E-state index is 13.1. The van der Waals surface area contributed by atoms with Crippen molar-refractivity contribution in [1.82, 2.24) is 4.31 Å². The van der Waals surface area contributed by atoms with E-state index >= 15 is 0 Å². The number of nitrogens with one attached hydrogen (secondary N) is 1. The Morgan fingerprint density at radius 2 is 2.04 bits per heavy atom. The van der Waals surface area contributed by atoms with Gasteiger partial charge in [0, 0.05) is 24.8 Å². The second kappa shape index (κ2) is 8.70. The van der Waals surface area contributed by atoms with Crippen molar-refractivity contribution in [2.75, 3.05) is 24.2 Å². The standard InChI is InChI=1S/C20H23FN2O4S/c1-2-10-28(25,26)23-9-8-15-6-7-18(11-16(15)13-23)22-20(24)14-27-19-5-3-4-17(21)12-19/h3-7,11-12H,2,8-10,13-14H2,1H3,(H,22,24). The maximum Gasteiger partial charge on any atom is 0.262 e. The number of anilines is 1. The Hall–Kier alpha value is -2.45. The fourth-order valence-corrected chi connectivity index (χ4v) is 4.62. The first-order valence-electron chi connectivity index (χ1n) is 9.15. The van der Waals surface area contributed by atoms with E-state index in [0.29, 0.717) is 31.6 Å². The molecule has 1 N–H and O–H groups in total. The predicted molar refractivity (Wildman–Crippen MR) is 105 cm³/mol. The minimum absolute atomic E-state index is 0.135. The second-order valence-corrected chi connectivity index (χ2v) is 8.77. The largest absolute Gasteiger partial charge is 0.484 e. The fraction of sp³-hybridized carbons (Fsp3) is 0.350. The molecule has 0 bridgehead atoms. The number of hydrogen-bond acceptors (Lipinski definition) is 4. The third-order valence-corrected chi connectivity index (χ3v) is 6.51. The summed E-state index contributed by atoms with van der Waals surface area (Å²) >= 11 is 0. The second-order valence-electron chi connectivity index (χ2n) is 6.68. The van der Waals surface area contributed by atoms with Crippen molar-refractivity contribution in [3.05, 3.63) is 59.4 Å². The Morgan fingerprint density at radius 3 is 2.79 bits per heavy atom. The minimum atomic E-state index is -3.26. The van der Waals surface area contributed by atoms with Crippen molar-refractivity contribution < 1.29 is 22.3 Å². The summed E-state index contributed by atoms with van der Waals surface area (Å²) in [4.78, 5) is 12.1. The molecule has 0 fully saturated rings. The molecule has 6 nitrogen and oxygen atoms in total. The molecule has 0 aliphatic carbocycles. The van der Waals surface area contributed by atoms with Gasteiger partial charge in [0.2, 0.25) is 10.0 Å². The molecule has 0 unspecified atom stereocenters. The van der Waals surface area contributed by atoms with Crippen LogP contribution in [0.3, 0.4) is 0 Å². The number of nitrogens with zero attached hydrogens (tertiary/aromatic N) is 1. The van der Waals surface area contributed by atoms with E-state index in [2.05, 4.69) is 5.32 Å². The molecule has 1 heterocycles. The van der Waals surface area contributed by atoms with Gasteiger partial charge in [-0.15, -0.1) is 0 Å². The topological polar surface area (TPSA) is 75.7 Å². The molecular formula is C20H23FN2O4S. The Kier molecular flexibility index (Phi) is 6.31. The summed E-state index contributed by atoms with van der Waals surface area (Å²) in [6.07, 6.45) is 1.22. The van der Waals surface area contributed by atoms with Gasteiger partial charge >= 0.3 is 0 Å². The number of amides is 1. The highest BCUT2D eigenvalue weighted by atomic mass is 32.2. The molecule has 1 aliphatic heterocycles. The SMILES string of the molecule is CCCS(=O)(=O)N1CCc2ccc(NC(=O)COc3cccc(F)c3)cc2C1. The van der Waals surface area contributed by atoms with Crippen molar-refractivity contribution in [2.45, 2.75) is 26.3 Å². The highest BCUT2D eigenvalue weighted by Crippen LogP contribution is 2.25. The van der Waals surface area contributed by atoms with E-state index in [1.165, 1.54) is 22.5 Å². The number of halogens is 1. The number of carbonyl (C=O) groups is 1. The van der Waals surface area contributed by atoms with Gasteiger partial charge in [0.1, 0.15) is 11.6 Å². The van der Waals surface area contributed by atoms with Crippen LogP contribution < -0.4 is 10.1 Å². The van der Waals surface area contributed by atoms with Crippen LogP contribution in [0, 0.1) is 5.82 Å². The average molecular weight is 406 g/mol. The van der Waals surface area contributed by atoms with Crippen molar-refractivity contribution in [2.24, 2.45) is 0 Å². The zero-order chi connectivity index (χ0) is 20.1. The van der Waals surface area contributed by atoms with E-state index in [1.807, 2.05) is 13.0 Å². The Balaban J connectivity index is 1.62. The van der Waals surface area contributed by atoms with Crippen LogP contribution in [-0.2, 0) is 27.8 Å². The van der Waals surface area contributed by atoms with E-state index in [0.717, 1.165) is 11.1 Å². The van der Waals surface area contributed by atoms with E-state index < -0.39 is 15.8 Å². The van der Waals surface area contributed by atoms with Crippen LogP contribution in [-0.4, -0.2) is 37.5 Å². The van der Waals surface area contributed by atoms with Crippen LogP contribution in [0.15, 0.2) is 42.5 Å². The summed E-state index contributed by atoms with van der Waals surface area (Å²) in [5, 5.41) is 2.73. The monoisotopic (exact) mass is 406 g/mol. The number of rotatable bonds is 7. The lowest BCUT2D eigenvalue weighted by atomic mass is 10.0. The molecule has 8 heteroatoms. The number of benzene rings is 2. The molecule has 1 amide bonds. The van der Waals surface area contributed by atoms with Crippen molar-refractivity contribution in [3.8, 4) is 5.75 Å². The van der Waals surface area contributed by atoms with Gasteiger partial charge < -0.3 is 10.1 Å². The van der Waals surface area contributed by atoms with Crippen LogP contribution >= 0.6 is 0 Å². The Bertz CT molecular complexity index is 962. The highest BCUT2D eigenvalue weighted by molar-refractivity contribution is 7.89. The third-order valence-electron chi connectivity index (χ3n) is 4.49. The molecular weight excluding hydrogens is 383 g/mol. The van der Waals surface area contributed by atoms with E-state index in [1.54, 1.807) is 18.2 Å². The summed E-state index contributed by atoms with van der Waals surface area (Å²) < 4.78 is 44.5. The van der Waals surface area contributed by atoms with Crippen LogP contribution in [0.5, 0.6) is 5.75 Å². The summed E-state index contributed by atoms with van der Waals surface area (Å²) in [5.41, 5.74) is 2.54. The van der Waals surface area contributed by atoms with Crippen LogP contribution in [0.4, 0.5) is 10.1 Å². The number of ether oxygens (including phenoxy) is 1. The molecule has 0 spiro atoms. The van der Waals surface area contributed by atoms with Gasteiger partial charge in [0.25, 0.3) is 5.91 Å². The zero-order valence-electron chi connectivity index (χ0n) is 15.7. The van der Waals surface area contributed by atoms with E-state index in [-0.39, 0.29) is 24.0 Å². The molecule has 1 aliphatic rings. The Morgan fingerprint density at radius 1 is 1.21 bits per heavy atom. The first-order chi connectivity index (χ1) is 13.4. The fourth-order valence-electron chi connectivity index (χ4n) is 3.14. The van der Waals surface area contributed by atoms with Gasteiger partial charge in [-0.2, -0.15) is 4.31 Å². The quantitative estimate of drug-likeness (QED) is 0.767. The lowest BCUT2D eigenvalue weighted by molar-refractivity contribution is -0.118. The van der Waals surface area contributed by atoms with Crippen molar-refractivity contribution >= 4 is 21.6 Å². The van der Waals surface area contributed by atoms with Crippen molar-refractivity contribution in [3.63, 3.8) is 0 Å². The number of fused-ring (bicyclic) bond motifs is 1. The number of carbonyl (C=O) groups excluding carboxylic acids is 1. The molecule has 2 aromatic rings. The summed E-state index contributed by atoms with van der Waals surface area (Å²) in [6.45, 7) is 2.37. The van der Waals surface area contributed by atoms with Crippen LogP contribution in [0.2, 0.25) is 0 Å². The molecule has 3 rings (SSSR count). The normalized spacial score (nSPS) is 14.4. The van der Waals surface area contributed by atoms with Gasteiger partial charge in [-0.3, -0.25) is 4.79 Å². The van der Waals surface area contributed by atoms with Crippen LogP contribution in [0.25, 0.3) is 0 Å². The molecule has 150 valence electrons. The molecule has 0 radical (unpaired) electrons. The summed E-state index contributed by atoms with van der Waals surface area (Å²) in [7, 11) is -3.26. The summed E-state index contributed by atoms with van der Waals surface area (Å²) in [5.74, 6) is -0.404. The van der Waals surface area contributed by atoms with Gasteiger partial charge in [0.15, 0.2) is 6.61 Å². The Labute approximate surface area is 164 Å². The first-order valence-corrected chi connectivity index (χ1v) is 10.8. The molecule has 2 aromatic carbocycles. The molecule has 0 aromatic heterocycles. The van der Waals surface area contributed by atoms with Gasteiger partial charge in [0.05, 0.1) is 5.75 Å². The van der Waals surface area contributed by atoms with Gasteiger partial charge in [-0.1, -0.05) is 19.1 Å². The molecule has 0 saturated carbocycles. The lowest BCUT2D eigenvalue weighted by Gasteiger charge is -2.28. The predicted octanol–water partition coefficient (Wildman–Crippen LogP) is 2.94. The summed E-state index contributed by atoms with van der Waals surface area (Å²) in [6, 6.07) is 11.1. The smallest absolute Gasteiger partial charge is 0.262 e. The third kappa shape index (κ3) is 5.08. The number of hydrogen-bond donors (Lipinski definition) is 1. The zero-order valence-corrected chi connectivity index (χ0v) is 16.5. The first kappa shape index (κ1) is 20.3. The van der Waals surface area contributed by atoms with Gasteiger partial charge in [-0.05, 0) is 48.2 Å². The molecule has 28 heavy (non-hydrogen) atoms. The minimum Gasteiger partial charge on any atom is -0.484 e. The van der Waals surface area contributed by atoms with Gasteiger partial charge in [-0.25, -0.2) is 12.8 Å². The number of sulfonamides is 1. The van der Waals surface area contributed by atoms with E-state index in [4.69, 9.17) is 4.74 Å². The average Bonchev–Trinajstić information content (AvgIpc) is 2.66. The van der Waals surface area contributed by atoms with Crippen LogP contribution in [0.1, 0.15) is 24.5 Å². The maximum absolute atomic E-state index is 13.1.